The SMILES string of the molecule is Cc1nc(C(C)(C)C)sc1C(C)NC1CCN(C)C1=O. The number of hydrogen-bond acceptors (Lipinski definition) is 4. The Morgan fingerprint density at radius 2 is 2.10 bits per heavy atom. The molecule has 0 bridgehead atoms. The Balaban J connectivity index is 2.12. The van der Waals surface area contributed by atoms with Gasteiger partial charge in [0.1, 0.15) is 0 Å². The summed E-state index contributed by atoms with van der Waals surface area (Å²) in [4.78, 5) is 19.7. The van der Waals surface area contributed by atoms with E-state index >= 15 is 0 Å². The van der Waals surface area contributed by atoms with Crippen molar-refractivity contribution in [3.05, 3.63) is 15.6 Å². The van der Waals surface area contributed by atoms with Crippen LogP contribution in [0.4, 0.5) is 0 Å². The molecule has 1 amide bonds. The molecule has 0 aromatic carbocycles. The van der Waals surface area contributed by atoms with Gasteiger partial charge in [0.25, 0.3) is 0 Å². The maximum atomic E-state index is 12.0. The fourth-order valence-electron chi connectivity index (χ4n) is 2.49. The maximum absolute atomic E-state index is 12.0. The number of carbonyl (C=O) groups is 1. The number of amides is 1. The molecule has 0 aliphatic carbocycles. The van der Waals surface area contributed by atoms with E-state index in [1.807, 2.05) is 7.05 Å². The molecule has 0 spiro atoms. The van der Waals surface area contributed by atoms with E-state index in [2.05, 4.69) is 39.9 Å². The first-order valence-electron chi connectivity index (χ1n) is 7.19. The van der Waals surface area contributed by atoms with Crippen LogP contribution in [0.25, 0.3) is 0 Å². The van der Waals surface area contributed by atoms with Crippen molar-refractivity contribution < 1.29 is 4.79 Å². The first-order chi connectivity index (χ1) is 9.20. The number of nitrogens with one attached hydrogen (secondary N) is 1. The fraction of sp³-hybridized carbons (Fsp3) is 0.733. The van der Waals surface area contributed by atoms with Gasteiger partial charge in [-0.2, -0.15) is 0 Å². The van der Waals surface area contributed by atoms with Crippen LogP contribution in [0.15, 0.2) is 0 Å². The predicted octanol–water partition coefficient (Wildman–Crippen LogP) is 2.63. The Morgan fingerprint density at radius 3 is 2.55 bits per heavy atom. The van der Waals surface area contributed by atoms with Gasteiger partial charge in [-0.3, -0.25) is 10.1 Å². The summed E-state index contributed by atoms with van der Waals surface area (Å²) in [5.41, 5.74) is 1.16. The molecule has 2 heterocycles. The zero-order chi connectivity index (χ0) is 15.1. The molecular weight excluding hydrogens is 270 g/mol. The maximum Gasteiger partial charge on any atom is 0.239 e. The number of rotatable bonds is 3. The first-order valence-corrected chi connectivity index (χ1v) is 8.00. The highest BCUT2D eigenvalue weighted by Gasteiger charge is 2.31. The van der Waals surface area contributed by atoms with E-state index in [9.17, 15) is 4.79 Å². The van der Waals surface area contributed by atoms with Gasteiger partial charge in [0, 0.05) is 29.9 Å². The van der Waals surface area contributed by atoms with E-state index in [1.54, 1.807) is 16.2 Å². The number of likely N-dealkylation sites (tertiary alicyclic amines) is 1. The number of thiazole rings is 1. The van der Waals surface area contributed by atoms with Crippen LogP contribution in [0, 0.1) is 6.92 Å². The monoisotopic (exact) mass is 295 g/mol. The summed E-state index contributed by atoms with van der Waals surface area (Å²) in [7, 11) is 1.87. The molecule has 2 atom stereocenters. The molecule has 1 aromatic heterocycles. The van der Waals surface area contributed by atoms with Gasteiger partial charge in [-0.05, 0) is 20.3 Å². The number of aryl methyl sites for hydroxylation is 1. The molecule has 1 aliphatic heterocycles. The van der Waals surface area contributed by atoms with Gasteiger partial charge < -0.3 is 4.90 Å². The van der Waals surface area contributed by atoms with Gasteiger partial charge >= 0.3 is 0 Å². The van der Waals surface area contributed by atoms with Gasteiger partial charge in [-0.25, -0.2) is 4.98 Å². The first kappa shape index (κ1) is 15.4. The Hall–Kier alpha value is -0.940. The van der Waals surface area contributed by atoms with Gasteiger partial charge in [0.2, 0.25) is 5.91 Å². The summed E-state index contributed by atoms with van der Waals surface area (Å²) in [5, 5.41) is 4.62. The molecule has 0 saturated carbocycles. The molecule has 0 radical (unpaired) electrons. The standard InChI is InChI=1S/C15H25N3OS/c1-9(16-11-7-8-18(6)13(11)19)12-10(2)17-14(20-12)15(3,4)5/h9,11,16H,7-8H2,1-6H3. The minimum Gasteiger partial charge on any atom is -0.344 e. The van der Waals surface area contributed by atoms with Gasteiger partial charge in [0.05, 0.1) is 16.7 Å². The number of hydrogen-bond donors (Lipinski definition) is 1. The summed E-state index contributed by atoms with van der Waals surface area (Å²) < 4.78 is 0. The van der Waals surface area contributed by atoms with Crippen LogP contribution in [-0.2, 0) is 10.2 Å². The van der Waals surface area contributed by atoms with Crippen molar-refractivity contribution in [3.8, 4) is 0 Å². The number of likely N-dealkylation sites (N-methyl/N-ethyl adjacent to an activating group) is 1. The molecule has 1 saturated heterocycles. The second-order valence-corrected chi connectivity index (χ2v) is 7.74. The highest BCUT2D eigenvalue weighted by Crippen LogP contribution is 2.32. The second-order valence-electron chi connectivity index (χ2n) is 6.71. The van der Waals surface area contributed by atoms with Crippen LogP contribution in [-0.4, -0.2) is 35.4 Å². The largest absolute Gasteiger partial charge is 0.344 e. The van der Waals surface area contributed by atoms with E-state index < -0.39 is 0 Å². The van der Waals surface area contributed by atoms with Crippen molar-refractivity contribution in [2.45, 2.75) is 58.5 Å². The lowest BCUT2D eigenvalue weighted by atomic mass is 9.98. The second kappa shape index (κ2) is 5.45. The van der Waals surface area contributed by atoms with Crippen LogP contribution in [0.2, 0.25) is 0 Å². The van der Waals surface area contributed by atoms with Gasteiger partial charge in [0.15, 0.2) is 0 Å². The van der Waals surface area contributed by atoms with Crippen molar-refractivity contribution in [2.24, 2.45) is 0 Å². The molecule has 1 aliphatic rings. The zero-order valence-corrected chi connectivity index (χ0v) is 14.1. The van der Waals surface area contributed by atoms with Crippen LogP contribution in [0.1, 0.15) is 55.7 Å². The zero-order valence-electron chi connectivity index (χ0n) is 13.3. The Morgan fingerprint density at radius 1 is 1.45 bits per heavy atom. The lowest BCUT2D eigenvalue weighted by Gasteiger charge is -2.18. The average molecular weight is 295 g/mol. The Kier molecular flexibility index (Phi) is 4.21. The topological polar surface area (TPSA) is 45.2 Å². The molecule has 112 valence electrons. The molecule has 2 unspecified atom stereocenters. The van der Waals surface area contributed by atoms with E-state index in [0.717, 1.165) is 23.7 Å². The molecule has 2 rings (SSSR count). The molecule has 1 aromatic rings. The summed E-state index contributed by atoms with van der Waals surface area (Å²) >= 11 is 1.76. The fourth-order valence-corrected chi connectivity index (χ4v) is 3.62. The van der Waals surface area contributed by atoms with Crippen LogP contribution in [0.3, 0.4) is 0 Å². The molecule has 1 fully saturated rings. The summed E-state index contributed by atoms with van der Waals surface area (Å²) in [5.74, 6) is 0.204. The third kappa shape index (κ3) is 3.04. The van der Waals surface area contributed by atoms with Crippen LogP contribution < -0.4 is 5.32 Å². The van der Waals surface area contributed by atoms with Crippen LogP contribution in [0.5, 0.6) is 0 Å². The van der Waals surface area contributed by atoms with Gasteiger partial charge in [-0.15, -0.1) is 11.3 Å². The quantitative estimate of drug-likeness (QED) is 0.932. The molecular formula is C15H25N3OS. The van der Waals surface area contributed by atoms with Crippen LogP contribution >= 0.6 is 11.3 Å². The summed E-state index contributed by atoms with van der Waals surface area (Å²) in [6, 6.07) is 0.124. The molecule has 4 nitrogen and oxygen atoms in total. The number of nitrogens with zero attached hydrogens (tertiary/aromatic N) is 2. The lowest BCUT2D eigenvalue weighted by molar-refractivity contribution is -0.128. The highest BCUT2D eigenvalue weighted by molar-refractivity contribution is 7.12. The predicted molar refractivity (Wildman–Crippen MR) is 83.1 cm³/mol. The normalized spacial score (nSPS) is 21.6. The van der Waals surface area contributed by atoms with E-state index in [0.29, 0.717) is 0 Å². The molecule has 5 heteroatoms. The van der Waals surface area contributed by atoms with Gasteiger partial charge in [-0.1, -0.05) is 20.8 Å². The third-order valence-electron chi connectivity index (χ3n) is 3.75. The summed E-state index contributed by atoms with van der Waals surface area (Å²) in [6.07, 6.45) is 0.893. The van der Waals surface area contributed by atoms with Crippen molar-refractivity contribution in [1.29, 1.82) is 0 Å². The van der Waals surface area contributed by atoms with Crippen molar-refractivity contribution in [3.63, 3.8) is 0 Å². The van der Waals surface area contributed by atoms with Crippen molar-refractivity contribution >= 4 is 17.2 Å². The Labute approximate surface area is 125 Å². The highest BCUT2D eigenvalue weighted by atomic mass is 32.1. The molecule has 1 N–H and O–H groups in total. The van der Waals surface area contributed by atoms with Crippen molar-refractivity contribution in [1.82, 2.24) is 15.2 Å². The smallest absolute Gasteiger partial charge is 0.239 e. The van der Waals surface area contributed by atoms with E-state index in [4.69, 9.17) is 4.98 Å². The lowest BCUT2D eigenvalue weighted by Crippen LogP contribution is -2.38. The minimum atomic E-state index is -0.0467. The third-order valence-corrected chi connectivity index (χ3v) is 5.51. The molecule has 20 heavy (non-hydrogen) atoms. The minimum absolute atomic E-state index is 0.0467. The number of aromatic nitrogens is 1. The Bertz CT molecular complexity index is 504. The van der Waals surface area contributed by atoms with E-state index in [1.165, 1.54) is 4.88 Å². The van der Waals surface area contributed by atoms with Crippen molar-refractivity contribution in [2.75, 3.05) is 13.6 Å². The average Bonchev–Trinajstić information content (AvgIpc) is 2.86. The number of carbonyl (C=O) groups excluding carboxylic acids is 1. The van der Waals surface area contributed by atoms with E-state index in [-0.39, 0.29) is 23.4 Å². The summed E-state index contributed by atoms with van der Waals surface area (Å²) in [6.45, 7) is 11.6.